The maximum absolute atomic E-state index is 11.9. The zero-order valence-corrected chi connectivity index (χ0v) is 10.3. The van der Waals surface area contributed by atoms with Crippen molar-refractivity contribution in [2.45, 2.75) is 13.0 Å². The highest BCUT2D eigenvalue weighted by molar-refractivity contribution is 5.93. The molecule has 1 aliphatic heterocycles. The quantitative estimate of drug-likeness (QED) is 0.878. The number of aromatic nitrogens is 2. The summed E-state index contributed by atoms with van der Waals surface area (Å²) in [7, 11) is 0. The van der Waals surface area contributed by atoms with Gasteiger partial charge < -0.3 is 14.8 Å². The van der Waals surface area contributed by atoms with Crippen LogP contribution >= 0.6 is 0 Å². The third-order valence-corrected chi connectivity index (χ3v) is 3.00. The number of rotatable bonds is 3. The molecule has 6 heteroatoms. The molecule has 0 spiro atoms. The fourth-order valence-electron chi connectivity index (χ4n) is 1.92. The van der Waals surface area contributed by atoms with Crippen LogP contribution in [-0.2, 0) is 0 Å². The number of carbonyl (C=O) groups is 1. The van der Waals surface area contributed by atoms with Crippen molar-refractivity contribution >= 4 is 5.91 Å². The predicted molar refractivity (Wildman–Crippen MR) is 67.0 cm³/mol. The molecule has 1 aromatic carbocycles. The molecule has 0 bridgehead atoms. The van der Waals surface area contributed by atoms with Gasteiger partial charge in [0.25, 0.3) is 5.91 Å². The second-order valence-corrected chi connectivity index (χ2v) is 4.29. The van der Waals surface area contributed by atoms with Crippen LogP contribution in [0.3, 0.4) is 0 Å². The number of H-pyrrole nitrogens is 1. The fraction of sp³-hybridized carbons (Fsp3) is 0.231. The van der Waals surface area contributed by atoms with Crippen LogP contribution in [0.1, 0.15) is 28.9 Å². The van der Waals surface area contributed by atoms with E-state index >= 15 is 0 Å². The highest BCUT2D eigenvalue weighted by Gasteiger charge is 2.17. The van der Waals surface area contributed by atoms with Gasteiger partial charge in [-0.3, -0.25) is 9.89 Å². The predicted octanol–water partition coefficient (Wildman–Crippen LogP) is 1.63. The van der Waals surface area contributed by atoms with E-state index in [0.717, 1.165) is 11.3 Å². The second kappa shape index (κ2) is 4.64. The molecule has 1 atom stereocenters. The van der Waals surface area contributed by atoms with Gasteiger partial charge in [0.15, 0.2) is 11.5 Å². The minimum atomic E-state index is -0.168. The smallest absolute Gasteiger partial charge is 0.254 e. The first-order valence-electron chi connectivity index (χ1n) is 5.93. The van der Waals surface area contributed by atoms with E-state index in [1.165, 1.54) is 6.20 Å². The summed E-state index contributed by atoms with van der Waals surface area (Å²) < 4.78 is 10.6. The molecule has 6 nitrogen and oxygen atoms in total. The van der Waals surface area contributed by atoms with Crippen LogP contribution in [0, 0.1) is 0 Å². The van der Waals surface area contributed by atoms with Gasteiger partial charge in [-0.1, -0.05) is 6.07 Å². The molecule has 1 aromatic heterocycles. The molecular weight excluding hydrogens is 246 g/mol. The first-order chi connectivity index (χ1) is 9.24. The first-order valence-corrected chi connectivity index (χ1v) is 5.93. The molecule has 0 fully saturated rings. The molecule has 98 valence electrons. The highest BCUT2D eigenvalue weighted by atomic mass is 16.7. The van der Waals surface area contributed by atoms with Gasteiger partial charge in [0, 0.05) is 6.20 Å². The number of fused-ring (bicyclic) bond motifs is 1. The minimum absolute atomic E-state index is 0.128. The lowest BCUT2D eigenvalue weighted by Crippen LogP contribution is -2.26. The van der Waals surface area contributed by atoms with Gasteiger partial charge in [-0.15, -0.1) is 0 Å². The summed E-state index contributed by atoms with van der Waals surface area (Å²) in [5, 5.41) is 9.25. The van der Waals surface area contributed by atoms with Crippen molar-refractivity contribution in [2.24, 2.45) is 0 Å². The monoisotopic (exact) mass is 259 g/mol. The molecular formula is C13H13N3O3. The topological polar surface area (TPSA) is 76.2 Å². The van der Waals surface area contributed by atoms with E-state index in [9.17, 15) is 4.79 Å². The number of hydrogen-bond donors (Lipinski definition) is 2. The van der Waals surface area contributed by atoms with Gasteiger partial charge in [-0.2, -0.15) is 5.10 Å². The Kier molecular flexibility index (Phi) is 2.83. The van der Waals surface area contributed by atoms with E-state index in [0.29, 0.717) is 11.3 Å². The van der Waals surface area contributed by atoms with Crippen LogP contribution in [0.25, 0.3) is 0 Å². The summed E-state index contributed by atoms with van der Waals surface area (Å²) in [5.74, 6) is 1.28. The van der Waals surface area contributed by atoms with Crippen molar-refractivity contribution in [3.63, 3.8) is 0 Å². The Balaban J connectivity index is 1.73. The lowest BCUT2D eigenvalue weighted by molar-refractivity contribution is 0.0940. The van der Waals surface area contributed by atoms with Gasteiger partial charge in [-0.05, 0) is 24.6 Å². The Morgan fingerprint density at radius 3 is 3.05 bits per heavy atom. The van der Waals surface area contributed by atoms with E-state index in [1.807, 2.05) is 25.1 Å². The molecule has 3 rings (SSSR count). The maximum atomic E-state index is 11.9. The largest absolute Gasteiger partial charge is 0.454 e. The molecule has 0 radical (unpaired) electrons. The van der Waals surface area contributed by atoms with Crippen LogP contribution in [0.15, 0.2) is 30.6 Å². The molecule has 0 aliphatic carbocycles. The highest BCUT2D eigenvalue weighted by Crippen LogP contribution is 2.34. The molecule has 2 heterocycles. The third kappa shape index (κ3) is 2.24. The second-order valence-electron chi connectivity index (χ2n) is 4.29. The number of carbonyl (C=O) groups excluding carboxylic acids is 1. The zero-order chi connectivity index (χ0) is 13.2. The Morgan fingerprint density at radius 1 is 1.42 bits per heavy atom. The SMILES string of the molecule is CC(NC(=O)c1cn[nH]c1)c1ccc2c(c1)OCO2. The standard InChI is InChI=1S/C13H13N3O3/c1-8(16-13(17)10-5-14-15-6-10)9-2-3-11-12(4-9)19-7-18-11/h2-6,8H,7H2,1H3,(H,14,15)(H,16,17). The van der Waals surface area contributed by atoms with Crippen molar-refractivity contribution in [2.75, 3.05) is 6.79 Å². The van der Waals surface area contributed by atoms with E-state index in [4.69, 9.17) is 9.47 Å². The number of amides is 1. The van der Waals surface area contributed by atoms with Crippen LogP contribution in [0.4, 0.5) is 0 Å². The van der Waals surface area contributed by atoms with E-state index in [2.05, 4.69) is 15.5 Å². The number of nitrogens with zero attached hydrogens (tertiary/aromatic N) is 1. The van der Waals surface area contributed by atoms with Crippen LogP contribution in [0.5, 0.6) is 11.5 Å². The van der Waals surface area contributed by atoms with Crippen LogP contribution < -0.4 is 14.8 Å². The van der Waals surface area contributed by atoms with Gasteiger partial charge in [0.1, 0.15) is 0 Å². The minimum Gasteiger partial charge on any atom is -0.454 e. The average Bonchev–Trinajstić information content (AvgIpc) is 3.09. The summed E-state index contributed by atoms with van der Waals surface area (Å²) in [6.07, 6.45) is 3.05. The van der Waals surface area contributed by atoms with E-state index in [-0.39, 0.29) is 18.7 Å². The van der Waals surface area contributed by atoms with Crippen LogP contribution in [-0.4, -0.2) is 22.9 Å². The molecule has 2 aromatic rings. The lowest BCUT2D eigenvalue weighted by atomic mass is 10.1. The average molecular weight is 259 g/mol. The van der Waals surface area contributed by atoms with Crippen molar-refractivity contribution in [1.82, 2.24) is 15.5 Å². The molecule has 0 saturated heterocycles. The zero-order valence-electron chi connectivity index (χ0n) is 10.3. The van der Waals surface area contributed by atoms with Gasteiger partial charge in [0.05, 0.1) is 17.8 Å². The summed E-state index contributed by atoms with van der Waals surface area (Å²) >= 11 is 0. The molecule has 1 unspecified atom stereocenters. The van der Waals surface area contributed by atoms with Gasteiger partial charge in [-0.25, -0.2) is 0 Å². The van der Waals surface area contributed by atoms with E-state index < -0.39 is 0 Å². The summed E-state index contributed by atoms with van der Waals surface area (Å²) in [5.41, 5.74) is 1.47. The molecule has 1 aliphatic rings. The van der Waals surface area contributed by atoms with Crippen molar-refractivity contribution in [3.8, 4) is 11.5 Å². The van der Waals surface area contributed by atoms with Crippen molar-refractivity contribution in [3.05, 3.63) is 41.7 Å². The normalized spacial score (nSPS) is 14.2. The summed E-state index contributed by atoms with van der Waals surface area (Å²) in [6.45, 7) is 2.16. The van der Waals surface area contributed by atoms with Crippen molar-refractivity contribution in [1.29, 1.82) is 0 Å². The summed E-state index contributed by atoms with van der Waals surface area (Å²) in [4.78, 5) is 11.9. The number of ether oxygens (including phenoxy) is 2. The van der Waals surface area contributed by atoms with Crippen molar-refractivity contribution < 1.29 is 14.3 Å². The number of benzene rings is 1. The fourth-order valence-corrected chi connectivity index (χ4v) is 1.92. The molecule has 2 N–H and O–H groups in total. The number of hydrogen-bond acceptors (Lipinski definition) is 4. The maximum Gasteiger partial charge on any atom is 0.254 e. The lowest BCUT2D eigenvalue weighted by Gasteiger charge is -2.14. The molecule has 0 saturated carbocycles. The Morgan fingerprint density at radius 2 is 2.26 bits per heavy atom. The number of nitrogens with one attached hydrogen (secondary N) is 2. The summed E-state index contributed by atoms with van der Waals surface area (Å²) in [6, 6.07) is 5.51. The number of aromatic amines is 1. The third-order valence-electron chi connectivity index (χ3n) is 3.00. The van der Waals surface area contributed by atoms with Gasteiger partial charge in [0.2, 0.25) is 6.79 Å². The molecule has 1 amide bonds. The Labute approximate surface area is 109 Å². The van der Waals surface area contributed by atoms with Gasteiger partial charge >= 0.3 is 0 Å². The molecule has 19 heavy (non-hydrogen) atoms. The van der Waals surface area contributed by atoms with E-state index in [1.54, 1.807) is 6.20 Å². The Hall–Kier alpha value is -2.50. The first kappa shape index (κ1) is 11.6. The van der Waals surface area contributed by atoms with Crippen LogP contribution in [0.2, 0.25) is 0 Å². The Bertz CT molecular complexity index is 595.